The van der Waals surface area contributed by atoms with Gasteiger partial charge in [-0.15, -0.1) is 5.10 Å². The standard InChI is InChI=1S/C30H34Cl2FN5O3/c1-18-13-20(7-8-24(18)33)26(19-5-6-19)34-27(39)30(9-11-37(12-10-30)28(40)41-29(2,3)4)38-17-25(35-36-38)21-14-22(31)16-23(32)15-21/h7-8,13-17,19,26H,5-6,9-12H2,1-4H3,(H,34,39). The number of hydrogen-bond acceptors (Lipinski definition) is 5. The summed E-state index contributed by atoms with van der Waals surface area (Å²) in [6.07, 6.45) is 3.86. The molecule has 1 atom stereocenters. The van der Waals surface area contributed by atoms with E-state index in [-0.39, 0.29) is 23.7 Å². The summed E-state index contributed by atoms with van der Waals surface area (Å²) >= 11 is 12.4. The molecule has 1 unspecified atom stereocenters. The molecule has 2 aromatic carbocycles. The van der Waals surface area contributed by atoms with Crippen molar-refractivity contribution in [2.45, 2.75) is 70.6 Å². The second kappa shape index (κ2) is 11.2. The first-order chi connectivity index (χ1) is 19.3. The number of aryl methyl sites for hydroxylation is 1. The Balaban J connectivity index is 1.46. The first-order valence-corrected chi connectivity index (χ1v) is 14.5. The van der Waals surface area contributed by atoms with E-state index < -0.39 is 17.2 Å². The van der Waals surface area contributed by atoms with Gasteiger partial charge in [-0.1, -0.05) is 40.5 Å². The van der Waals surface area contributed by atoms with Crippen LogP contribution in [0.1, 0.15) is 63.6 Å². The number of aromatic nitrogens is 3. The van der Waals surface area contributed by atoms with Crippen molar-refractivity contribution in [3.8, 4) is 11.3 Å². The van der Waals surface area contributed by atoms with Crippen molar-refractivity contribution in [2.75, 3.05) is 13.1 Å². The summed E-state index contributed by atoms with van der Waals surface area (Å²) < 4.78 is 21.2. The van der Waals surface area contributed by atoms with Crippen LogP contribution in [0.25, 0.3) is 11.3 Å². The third-order valence-corrected chi connectivity index (χ3v) is 8.11. The second-order valence-electron chi connectivity index (χ2n) is 12.0. The molecule has 8 nitrogen and oxygen atoms in total. The van der Waals surface area contributed by atoms with E-state index in [1.807, 2.05) is 20.8 Å². The van der Waals surface area contributed by atoms with Gasteiger partial charge in [-0.25, -0.2) is 13.9 Å². The minimum absolute atomic E-state index is 0.221. The van der Waals surface area contributed by atoms with E-state index in [1.54, 1.807) is 53.0 Å². The van der Waals surface area contributed by atoms with Gasteiger partial charge in [-0.05, 0) is 94.7 Å². The molecule has 41 heavy (non-hydrogen) atoms. The summed E-state index contributed by atoms with van der Waals surface area (Å²) in [5, 5.41) is 12.9. The van der Waals surface area contributed by atoms with Crippen LogP contribution in [0.3, 0.4) is 0 Å². The predicted molar refractivity (Wildman–Crippen MR) is 155 cm³/mol. The topological polar surface area (TPSA) is 89.4 Å². The molecule has 5 rings (SSSR count). The minimum Gasteiger partial charge on any atom is -0.444 e. The number of ether oxygens (including phenoxy) is 1. The van der Waals surface area contributed by atoms with Crippen LogP contribution in [-0.4, -0.2) is 50.6 Å². The smallest absolute Gasteiger partial charge is 0.410 e. The van der Waals surface area contributed by atoms with Crippen molar-refractivity contribution < 1.29 is 18.7 Å². The Kier molecular flexibility index (Phi) is 8.05. The largest absolute Gasteiger partial charge is 0.444 e. The number of amides is 2. The fourth-order valence-corrected chi connectivity index (χ4v) is 5.82. The average molecular weight is 603 g/mol. The van der Waals surface area contributed by atoms with Gasteiger partial charge in [0.15, 0.2) is 0 Å². The Bertz CT molecular complexity index is 1440. The summed E-state index contributed by atoms with van der Waals surface area (Å²) in [6.45, 7) is 7.77. The fraction of sp³-hybridized carbons (Fsp3) is 0.467. The summed E-state index contributed by atoms with van der Waals surface area (Å²) in [5.41, 5.74) is 0.844. The van der Waals surface area contributed by atoms with Crippen molar-refractivity contribution in [3.05, 3.63) is 69.6 Å². The number of nitrogens with zero attached hydrogens (tertiary/aromatic N) is 4. The van der Waals surface area contributed by atoms with Crippen molar-refractivity contribution >= 4 is 35.2 Å². The summed E-state index contributed by atoms with van der Waals surface area (Å²) in [5.74, 6) is -0.236. The lowest BCUT2D eigenvalue weighted by molar-refractivity contribution is -0.134. The van der Waals surface area contributed by atoms with E-state index in [2.05, 4.69) is 15.6 Å². The van der Waals surface area contributed by atoms with E-state index in [4.69, 9.17) is 27.9 Å². The number of hydrogen-bond donors (Lipinski definition) is 1. The molecule has 1 saturated carbocycles. The number of halogens is 3. The molecule has 11 heteroatoms. The number of rotatable bonds is 6. The SMILES string of the molecule is Cc1cc(C(NC(=O)C2(n3cc(-c4cc(Cl)cc(Cl)c4)nn3)CCN(C(=O)OC(C)(C)C)CC2)C2CC2)ccc1F. The Morgan fingerprint density at radius 1 is 1.10 bits per heavy atom. The normalized spacial score (nSPS) is 17.7. The highest BCUT2D eigenvalue weighted by molar-refractivity contribution is 6.35. The van der Waals surface area contributed by atoms with Gasteiger partial charge in [0.2, 0.25) is 5.91 Å². The molecule has 0 bridgehead atoms. The van der Waals surface area contributed by atoms with Gasteiger partial charge >= 0.3 is 6.09 Å². The summed E-state index contributed by atoms with van der Waals surface area (Å²) in [6, 6.07) is 9.82. The first kappa shape index (κ1) is 29.3. The molecule has 2 fully saturated rings. The Morgan fingerprint density at radius 2 is 1.76 bits per heavy atom. The molecule has 1 aliphatic carbocycles. The van der Waals surface area contributed by atoms with E-state index in [0.29, 0.717) is 52.8 Å². The molecule has 2 amide bonds. The fourth-order valence-electron chi connectivity index (χ4n) is 5.29. The van der Waals surface area contributed by atoms with Crippen LogP contribution in [-0.2, 0) is 15.1 Å². The zero-order valence-electron chi connectivity index (χ0n) is 23.6. The van der Waals surface area contributed by atoms with Gasteiger partial charge in [-0.2, -0.15) is 0 Å². The van der Waals surface area contributed by atoms with Crippen molar-refractivity contribution in [1.29, 1.82) is 0 Å². The molecular formula is C30H34Cl2FN5O3. The number of carbonyl (C=O) groups excluding carboxylic acids is 2. The zero-order chi connectivity index (χ0) is 29.5. The van der Waals surface area contributed by atoms with Crippen LogP contribution in [0.15, 0.2) is 42.6 Å². The summed E-state index contributed by atoms with van der Waals surface area (Å²) in [4.78, 5) is 28.7. The monoisotopic (exact) mass is 601 g/mol. The number of benzene rings is 2. The number of piperidine rings is 1. The van der Waals surface area contributed by atoms with Crippen LogP contribution >= 0.6 is 23.2 Å². The van der Waals surface area contributed by atoms with Crippen molar-refractivity contribution in [1.82, 2.24) is 25.2 Å². The van der Waals surface area contributed by atoms with E-state index in [1.165, 1.54) is 6.07 Å². The van der Waals surface area contributed by atoms with Gasteiger partial charge in [-0.3, -0.25) is 4.79 Å². The molecule has 0 radical (unpaired) electrons. The van der Waals surface area contributed by atoms with Gasteiger partial charge in [0.05, 0.1) is 12.2 Å². The molecule has 1 N–H and O–H groups in total. The third-order valence-electron chi connectivity index (χ3n) is 7.68. The molecule has 218 valence electrons. The zero-order valence-corrected chi connectivity index (χ0v) is 25.1. The maximum Gasteiger partial charge on any atom is 0.410 e. The van der Waals surface area contributed by atoms with Crippen LogP contribution in [0.5, 0.6) is 0 Å². The highest BCUT2D eigenvalue weighted by Gasteiger charge is 2.47. The minimum atomic E-state index is -1.12. The van der Waals surface area contributed by atoms with Gasteiger partial charge in [0.25, 0.3) is 0 Å². The maximum atomic E-state index is 14.3. The average Bonchev–Trinajstić information content (AvgIpc) is 3.61. The van der Waals surface area contributed by atoms with Gasteiger partial charge in [0.1, 0.15) is 22.7 Å². The van der Waals surface area contributed by atoms with E-state index in [9.17, 15) is 14.0 Å². The van der Waals surface area contributed by atoms with E-state index >= 15 is 0 Å². The molecule has 2 aliphatic rings. The second-order valence-corrected chi connectivity index (χ2v) is 12.9. The molecular weight excluding hydrogens is 568 g/mol. The highest BCUT2D eigenvalue weighted by atomic mass is 35.5. The molecule has 2 heterocycles. The Hall–Kier alpha value is -3.17. The lowest BCUT2D eigenvalue weighted by Gasteiger charge is -2.41. The van der Waals surface area contributed by atoms with Gasteiger partial charge in [0, 0.05) is 28.7 Å². The van der Waals surface area contributed by atoms with Crippen LogP contribution in [0, 0.1) is 18.7 Å². The molecule has 3 aromatic rings. The third kappa shape index (κ3) is 6.51. The van der Waals surface area contributed by atoms with Crippen molar-refractivity contribution in [3.63, 3.8) is 0 Å². The Labute approximate surface area is 249 Å². The van der Waals surface area contributed by atoms with Crippen LogP contribution in [0.2, 0.25) is 10.0 Å². The van der Waals surface area contributed by atoms with Crippen LogP contribution < -0.4 is 5.32 Å². The first-order valence-electron chi connectivity index (χ1n) is 13.8. The lowest BCUT2D eigenvalue weighted by atomic mass is 9.85. The number of carbonyl (C=O) groups is 2. The van der Waals surface area contributed by atoms with Crippen LogP contribution in [0.4, 0.5) is 9.18 Å². The summed E-state index contributed by atoms with van der Waals surface area (Å²) in [7, 11) is 0. The molecule has 1 saturated heterocycles. The highest BCUT2D eigenvalue weighted by Crippen LogP contribution is 2.42. The van der Waals surface area contributed by atoms with Gasteiger partial charge < -0.3 is 15.0 Å². The molecule has 1 aliphatic heterocycles. The number of likely N-dealkylation sites (tertiary alicyclic amines) is 1. The lowest BCUT2D eigenvalue weighted by Crippen LogP contribution is -2.57. The number of nitrogens with one attached hydrogen (secondary N) is 1. The van der Waals surface area contributed by atoms with E-state index in [0.717, 1.165) is 18.4 Å². The Morgan fingerprint density at radius 3 is 2.34 bits per heavy atom. The quantitative estimate of drug-likeness (QED) is 0.340. The maximum absolute atomic E-state index is 14.3. The molecule has 1 aromatic heterocycles. The van der Waals surface area contributed by atoms with Crippen molar-refractivity contribution in [2.24, 2.45) is 5.92 Å². The molecule has 0 spiro atoms. The predicted octanol–water partition coefficient (Wildman–Crippen LogP) is 6.69.